The Labute approximate surface area is 132 Å². The van der Waals surface area contributed by atoms with E-state index >= 15 is 0 Å². The fourth-order valence-corrected chi connectivity index (χ4v) is 3.74. The first kappa shape index (κ1) is 15.5. The summed E-state index contributed by atoms with van der Waals surface area (Å²) in [4.78, 5) is 17.0. The summed E-state index contributed by atoms with van der Waals surface area (Å²) in [5.41, 5.74) is 3.00. The zero-order valence-corrected chi connectivity index (χ0v) is 13.6. The van der Waals surface area contributed by atoms with Gasteiger partial charge in [-0.25, -0.2) is 0 Å². The standard InChI is InChI=1S/C18H26N2O2/c1-13-6-7-14(2)15(12-13)18(22)20-10-8-19(9-11-20)16-4-3-5-17(16)21/h6-7,12,16-17,21H,3-5,8-11H2,1-2H3/t16-,17-/m0/s1. The van der Waals surface area contributed by atoms with Crippen LogP contribution in [0.2, 0.25) is 0 Å². The third-order valence-corrected chi connectivity index (χ3v) is 5.14. The molecule has 1 aromatic carbocycles. The number of hydrogen-bond donors (Lipinski definition) is 1. The average Bonchev–Trinajstić information content (AvgIpc) is 2.95. The minimum Gasteiger partial charge on any atom is -0.391 e. The molecule has 4 heteroatoms. The lowest BCUT2D eigenvalue weighted by Crippen LogP contribution is -2.53. The molecule has 22 heavy (non-hydrogen) atoms. The zero-order valence-electron chi connectivity index (χ0n) is 13.6. The van der Waals surface area contributed by atoms with Crippen molar-refractivity contribution in [2.24, 2.45) is 0 Å². The second-order valence-electron chi connectivity index (χ2n) is 6.71. The van der Waals surface area contributed by atoms with Crippen molar-refractivity contribution in [3.05, 3.63) is 34.9 Å². The first-order chi connectivity index (χ1) is 10.6. The number of piperazine rings is 1. The van der Waals surface area contributed by atoms with E-state index in [-0.39, 0.29) is 12.0 Å². The fourth-order valence-electron chi connectivity index (χ4n) is 3.74. The van der Waals surface area contributed by atoms with Gasteiger partial charge in [-0.05, 0) is 44.7 Å². The van der Waals surface area contributed by atoms with Gasteiger partial charge in [0.15, 0.2) is 0 Å². The highest BCUT2D eigenvalue weighted by Crippen LogP contribution is 2.25. The van der Waals surface area contributed by atoms with Crippen LogP contribution in [0.1, 0.15) is 40.7 Å². The van der Waals surface area contributed by atoms with E-state index in [0.717, 1.165) is 62.1 Å². The molecule has 2 aliphatic rings. The first-order valence-electron chi connectivity index (χ1n) is 8.35. The molecular weight excluding hydrogens is 276 g/mol. The number of carbonyl (C=O) groups is 1. The van der Waals surface area contributed by atoms with Gasteiger partial charge in [0.1, 0.15) is 0 Å². The molecule has 120 valence electrons. The average molecular weight is 302 g/mol. The minimum absolute atomic E-state index is 0.146. The topological polar surface area (TPSA) is 43.8 Å². The van der Waals surface area contributed by atoms with E-state index in [1.165, 1.54) is 0 Å². The van der Waals surface area contributed by atoms with E-state index in [4.69, 9.17) is 0 Å². The molecule has 0 spiro atoms. The van der Waals surface area contributed by atoms with Gasteiger partial charge in [0.2, 0.25) is 0 Å². The Balaban J connectivity index is 1.63. The Morgan fingerprint density at radius 3 is 2.50 bits per heavy atom. The monoisotopic (exact) mass is 302 g/mol. The SMILES string of the molecule is Cc1ccc(C)c(C(=O)N2CCN([C@H]3CCC[C@@H]3O)CC2)c1. The molecule has 0 radical (unpaired) electrons. The van der Waals surface area contributed by atoms with Gasteiger partial charge in [0.25, 0.3) is 5.91 Å². The Bertz CT molecular complexity index is 550. The van der Waals surface area contributed by atoms with Crippen LogP contribution >= 0.6 is 0 Å². The molecule has 1 heterocycles. The fraction of sp³-hybridized carbons (Fsp3) is 0.611. The van der Waals surface area contributed by atoms with E-state index in [9.17, 15) is 9.90 Å². The molecular formula is C18H26N2O2. The summed E-state index contributed by atoms with van der Waals surface area (Å²) in [5.74, 6) is 0.146. The van der Waals surface area contributed by atoms with Gasteiger partial charge in [-0.3, -0.25) is 9.69 Å². The third-order valence-electron chi connectivity index (χ3n) is 5.14. The van der Waals surface area contributed by atoms with E-state index < -0.39 is 0 Å². The van der Waals surface area contributed by atoms with Gasteiger partial charge in [-0.1, -0.05) is 17.7 Å². The molecule has 0 aromatic heterocycles. The minimum atomic E-state index is -0.179. The molecule has 1 aliphatic carbocycles. The van der Waals surface area contributed by atoms with Crippen molar-refractivity contribution in [3.8, 4) is 0 Å². The Morgan fingerprint density at radius 1 is 1.14 bits per heavy atom. The Morgan fingerprint density at radius 2 is 1.86 bits per heavy atom. The normalized spacial score (nSPS) is 26.4. The van der Waals surface area contributed by atoms with Crippen LogP contribution in [0, 0.1) is 13.8 Å². The molecule has 4 nitrogen and oxygen atoms in total. The molecule has 2 atom stereocenters. The maximum absolute atomic E-state index is 12.7. The number of benzene rings is 1. The van der Waals surface area contributed by atoms with Crippen molar-refractivity contribution in [1.29, 1.82) is 0 Å². The molecule has 1 saturated heterocycles. The number of aliphatic hydroxyl groups excluding tert-OH is 1. The lowest BCUT2D eigenvalue weighted by atomic mass is 10.0. The highest BCUT2D eigenvalue weighted by molar-refractivity contribution is 5.95. The van der Waals surface area contributed by atoms with Crippen LogP contribution < -0.4 is 0 Å². The van der Waals surface area contributed by atoms with Crippen LogP contribution in [0.4, 0.5) is 0 Å². The second-order valence-corrected chi connectivity index (χ2v) is 6.71. The Kier molecular flexibility index (Phi) is 4.50. The van der Waals surface area contributed by atoms with Crippen molar-refractivity contribution in [3.63, 3.8) is 0 Å². The predicted octanol–water partition coefficient (Wildman–Crippen LogP) is 1.97. The summed E-state index contributed by atoms with van der Waals surface area (Å²) in [6.07, 6.45) is 2.95. The Hall–Kier alpha value is -1.39. The van der Waals surface area contributed by atoms with Crippen LogP contribution in [0.25, 0.3) is 0 Å². The van der Waals surface area contributed by atoms with E-state index in [2.05, 4.69) is 4.90 Å². The predicted molar refractivity (Wildman–Crippen MR) is 87.0 cm³/mol. The molecule has 3 rings (SSSR count). The number of amides is 1. The quantitative estimate of drug-likeness (QED) is 0.908. The van der Waals surface area contributed by atoms with Gasteiger partial charge in [-0.2, -0.15) is 0 Å². The van der Waals surface area contributed by atoms with Crippen molar-refractivity contribution < 1.29 is 9.90 Å². The first-order valence-corrected chi connectivity index (χ1v) is 8.35. The number of rotatable bonds is 2. The molecule has 1 aliphatic heterocycles. The van der Waals surface area contributed by atoms with Crippen LogP contribution in [-0.2, 0) is 0 Å². The number of hydrogen-bond acceptors (Lipinski definition) is 3. The molecule has 1 N–H and O–H groups in total. The van der Waals surface area contributed by atoms with Gasteiger partial charge < -0.3 is 10.0 Å². The smallest absolute Gasteiger partial charge is 0.254 e. The molecule has 1 amide bonds. The van der Waals surface area contributed by atoms with Crippen LogP contribution in [0.5, 0.6) is 0 Å². The number of aliphatic hydroxyl groups is 1. The molecule has 0 unspecified atom stereocenters. The summed E-state index contributed by atoms with van der Waals surface area (Å²) in [5, 5.41) is 10.0. The number of nitrogens with zero attached hydrogens (tertiary/aromatic N) is 2. The molecule has 2 fully saturated rings. The van der Waals surface area contributed by atoms with E-state index in [1.54, 1.807) is 0 Å². The van der Waals surface area contributed by atoms with Crippen molar-refractivity contribution >= 4 is 5.91 Å². The largest absolute Gasteiger partial charge is 0.391 e. The van der Waals surface area contributed by atoms with Gasteiger partial charge in [-0.15, -0.1) is 0 Å². The van der Waals surface area contributed by atoms with Gasteiger partial charge in [0.05, 0.1) is 6.10 Å². The number of carbonyl (C=O) groups excluding carboxylic acids is 1. The zero-order chi connectivity index (χ0) is 15.7. The molecule has 1 aromatic rings. The highest BCUT2D eigenvalue weighted by Gasteiger charge is 2.33. The van der Waals surface area contributed by atoms with Crippen molar-refractivity contribution in [1.82, 2.24) is 9.80 Å². The maximum atomic E-state index is 12.7. The third kappa shape index (κ3) is 3.03. The number of aryl methyl sites for hydroxylation is 2. The molecule has 1 saturated carbocycles. The summed E-state index contributed by atoms with van der Waals surface area (Å²) < 4.78 is 0. The summed E-state index contributed by atoms with van der Waals surface area (Å²) in [6.45, 7) is 7.29. The van der Waals surface area contributed by atoms with Crippen LogP contribution in [0.15, 0.2) is 18.2 Å². The summed E-state index contributed by atoms with van der Waals surface area (Å²) in [7, 11) is 0. The van der Waals surface area contributed by atoms with Crippen molar-refractivity contribution in [2.75, 3.05) is 26.2 Å². The second kappa shape index (κ2) is 6.39. The van der Waals surface area contributed by atoms with Crippen LogP contribution in [-0.4, -0.2) is 59.1 Å². The summed E-state index contributed by atoms with van der Waals surface area (Å²) in [6, 6.07) is 6.36. The lowest BCUT2D eigenvalue weighted by molar-refractivity contribution is 0.0315. The lowest BCUT2D eigenvalue weighted by Gasteiger charge is -2.39. The van der Waals surface area contributed by atoms with E-state index in [1.807, 2.05) is 36.9 Å². The van der Waals surface area contributed by atoms with E-state index in [0.29, 0.717) is 6.04 Å². The summed E-state index contributed by atoms with van der Waals surface area (Å²) >= 11 is 0. The maximum Gasteiger partial charge on any atom is 0.254 e. The van der Waals surface area contributed by atoms with Crippen LogP contribution in [0.3, 0.4) is 0 Å². The highest BCUT2D eigenvalue weighted by atomic mass is 16.3. The van der Waals surface area contributed by atoms with Crippen molar-refractivity contribution in [2.45, 2.75) is 45.3 Å². The van der Waals surface area contributed by atoms with Gasteiger partial charge >= 0.3 is 0 Å². The van der Waals surface area contributed by atoms with Gasteiger partial charge in [0, 0.05) is 37.8 Å². The molecule has 0 bridgehead atoms.